The predicted octanol–water partition coefficient (Wildman–Crippen LogP) is 2.05. The van der Waals surface area contributed by atoms with Crippen LogP contribution in [0.5, 0.6) is 5.75 Å². The van der Waals surface area contributed by atoms with Gasteiger partial charge in [0, 0.05) is 6.04 Å². The molecule has 0 aliphatic rings. The Bertz CT molecular complexity index is 404. The van der Waals surface area contributed by atoms with Gasteiger partial charge >= 0.3 is 6.18 Å². The quantitative estimate of drug-likeness (QED) is 0.867. The average molecular weight is 281 g/mol. The Labute approximate surface area is 109 Å². The number of hydrogen-bond donors (Lipinski definition) is 1. The van der Waals surface area contributed by atoms with Gasteiger partial charge in [0.2, 0.25) is 0 Å². The maximum absolute atomic E-state index is 12.0. The van der Waals surface area contributed by atoms with Gasteiger partial charge in [0.25, 0.3) is 0 Å². The molecule has 0 radical (unpaired) electrons. The van der Waals surface area contributed by atoms with Crippen LogP contribution in [-0.4, -0.2) is 36.3 Å². The van der Waals surface area contributed by atoms with Crippen LogP contribution in [-0.2, 0) is 4.74 Å². The Kier molecular flexibility index (Phi) is 5.19. The fourth-order valence-electron chi connectivity index (χ4n) is 1.66. The standard InChI is InChI=1S/C11H18F3N3O2/c1-7(2)17-10(9(18-3)4-16-17)8(15)5-19-6-11(12,13)14/h4,7-8H,5-6,15H2,1-3H3. The number of alkyl halides is 3. The van der Waals surface area contributed by atoms with E-state index in [1.54, 1.807) is 4.68 Å². The van der Waals surface area contributed by atoms with Gasteiger partial charge in [-0.25, -0.2) is 0 Å². The zero-order valence-electron chi connectivity index (χ0n) is 11.1. The molecule has 1 rings (SSSR count). The Morgan fingerprint density at radius 3 is 2.53 bits per heavy atom. The van der Waals surface area contributed by atoms with Crippen molar-refractivity contribution in [3.8, 4) is 5.75 Å². The van der Waals surface area contributed by atoms with Crippen LogP contribution in [0, 0.1) is 0 Å². The summed E-state index contributed by atoms with van der Waals surface area (Å²) in [6.07, 6.45) is -2.87. The number of rotatable bonds is 6. The van der Waals surface area contributed by atoms with Gasteiger partial charge in [0.05, 0.1) is 31.6 Å². The lowest BCUT2D eigenvalue weighted by Crippen LogP contribution is -2.26. The molecule has 8 heteroatoms. The zero-order chi connectivity index (χ0) is 14.6. The van der Waals surface area contributed by atoms with Crippen molar-refractivity contribution in [2.24, 2.45) is 5.73 Å². The van der Waals surface area contributed by atoms with E-state index in [2.05, 4.69) is 9.84 Å². The van der Waals surface area contributed by atoms with Crippen molar-refractivity contribution < 1.29 is 22.6 Å². The topological polar surface area (TPSA) is 62.3 Å². The van der Waals surface area contributed by atoms with E-state index in [4.69, 9.17) is 10.5 Å². The summed E-state index contributed by atoms with van der Waals surface area (Å²) in [7, 11) is 1.45. The molecule has 0 aliphatic heterocycles. The largest absolute Gasteiger partial charge is 0.493 e. The smallest absolute Gasteiger partial charge is 0.411 e. The summed E-state index contributed by atoms with van der Waals surface area (Å²) >= 11 is 0. The minimum atomic E-state index is -4.36. The number of hydrogen-bond acceptors (Lipinski definition) is 4. The first kappa shape index (κ1) is 15.8. The normalized spacial score (nSPS) is 13.9. The molecule has 1 aromatic rings. The molecule has 0 amide bonds. The molecule has 2 N–H and O–H groups in total. The molecule has 5 nitrogen and oxygen atoms in total. The molecule has 0 saturated heterocycles. The first-order chi connectivity index (χ1) is 8.76. The zero-order valence-corrected chi connectivity index (χ0v) is 11.1. The number of methoxy groups -OCH3 is 1. The third-order valence-corrected chi connectivity index (χ3v) is 2.42. The van der Waals surface area contributed by atoms with Crippen molar-refractivity contribution >= 4 is 0 Å². The molecular weight excluding hydrogens is 263 g/mol. The summed E-state index contributed by atoms with van der Waals surface area (Å²) in [5, 5.41) is 4.10. The second kappa shape index (κ2) is 6.25. The number of ether oxygens (including phenoxy) is 2. The SMILES string of the molecule is COc1cnn(C(C)C)c1C(N)COCC(F)(F)F. The monoisotopic (exact) mass is 281 g/mol. The fraction of sp³-hybridized carbons (Fsp3) is 0.727. The summed E-state index contributed by atoms with van der Waals surface area (Å²) in [5.41, 5.74) is 6.38. The Morgan fingerprint density at radius 2 is 2.05 bits per heavy atom. The molecule has 1 unspecified atom stereocenters. The minimum Gasteiger partial charge on any atom is -0.493 e. The highest BCUT2D eigenvalue weighted by Crippen LogP contribution is 2.26. The van der Waals surface area contributed by atoms with E-state index in [1.165, 1.54) is 13.3 Å². The van der Waals surface area contributed by atoms with E-state index in [-0.39, 0.29) is 12.6 Å². The molecule has 110 valence electrons. The second-order valence-electron chi connectivity index (χ2n) is 4.37. The van der Waals surface area contributed by atoms with Crippen LogP contribution in [0.2, 0.25) is 0 Å². The number of aromatic nitrogens is 2. The predicted molar refractivity (Wildman–Crippen MR) is 63.0 cm³/mol. The lowest BCUT2D eigenvalue weighted by atomic mass is 10.2. The van der Waals surface area contributed by atoms with Crippen LogP contribution in [0.1, 0.15) is 31.6 Å². The van der Waals surface area contributed by atoms with E-state index in [9.17, 15) is 13.2 Å². The van der Waals surface area contributed by atoms with Crippen LogP contribution in [0.15, 0.2) is 6.20 Å². The van der Waals surface area contributed by atoms with Crippen molar-refractivity contribution in [2.45, 2.75) is 32.1 Å². The second-order valence-corrected chi connectivity index (χ2v) is 4.37. The van der Waals surface area contributed by atoms with Gasteiger partial charge in [-0.15, -0.1) is 0 Å². The van der Waals surface area contributed by atoms with Gasteiger partial charge in [-0.3, -0.25) is 4.68 Å². The van der Waals surface area contributed by atoms with Crippen LogP contribution in [0.4, 0.5) is 13.2 Å². The van der Waals surface area contributed by atoms with E-state index < -0.39 is 18.8 Å². The molecular formula is C11H18F3N3O2. The average Bonchev–Trinajstić information content (AvgIpc) is 2.70. The lowest BCUT2D eigenvalue weighted by Gasteiger charge is -2.18. The summed E-state index contributed by atoms with van der Waals surface area (Å²) in [6.45, 7) is 2.20. The summed E-state index contributed by atoms with van der Waals surface area (Å²) in [5.74, 6) is 0.441. The van der Waals surface area contributed by atoms with Crippen LogP contribution >= 0.6 is 0 Å². The van der Waals surface area contributed by atoms with E-state index in [0.29, 0.717) is 11.4 Å². The Hall–Kier alpha value is -1.28. The van der Waals surface area contributed by atoms with Crippen LogP contribution < -0.4 is 10.5 Å². The first-order valence-corrected chi connectivity index (χ1v) is 5.77. The van der Waals surface area contributed by atoms with E-state index >= 15 is 0 Å². The Balaban J connectivity index is 2.75. The summed E-state index contributed by atoms with van der Waals surface area (Å²) < 4.78 is 47.3. The fourth-order valence-corrected chi connectivity index (χ4v) is 1.66. The third-order valence-electron chi connectivity index (χ3n) is 2.42. The van der Waals surface area contributed by atoms with E-state index in [1.807, 2.05) is 13.8 Å². The highest BCUT2D eigenvalue weighted by molar-refractivity contribution is 5.28. The molecule has 0 aromatic carbocycles. The van der Waals surface area contributed by atoms with Gasteiger partial charge in [-0.1, -0.05) is 0 Å². The van der Waals surface area contributed by atoms with Gasteiger partial charge in [-0.05, 0) is 13.8 Å². The third kappa shape index (κ3) is 4.39. The lowest BCUT2D eigenvalue weighted by molar-refractivity contribution is -0.175. The molecule has 0 fully saturated rings. The van der Waals surface area contributed by atoms with Crippen LogP contribution in [0.3, 0.4) is 0 Å². The molecule has 0 saturated carbocycles. The van der Waals surface area contributed by atoms with E-state index in [0.717, 1.165) is 0 Å². The molecule has 1 aromatic heterocycles. The maximum atomic E-state index is 12.0. The summed E-state index contributed by atoms with van der Waals surface area (Å²) in [6, 6.07) is -0.713. The van der Waals surface area contributed by atoms with Crippen molar-refractivity contribution in [1.29, 1.82) is 0 Å². The van der Waals surface area contributed by atoms with Gasteiger partial charge in [0.1, 0.15) is 6.61 Å². The molecule has 1 atom stereocenters. The summed E-state index contributed by atoms with van der Waals surface area (Å²) in [4.78, 5) is 0. The minimum absolute atomic E-state index is 0.0209. The number of nitrogens with two attached hydrogens (primary N) is 1. The molecule has 19 heavy (non-hydrogen) atoms. The Morgan fingerprint density at radius 1 is 1.42 bits per heavy atom. The molecule has 1 heterocycles. The van der Waals surface area contributed by atoms with Crippen molar-refractivity contribution in [3.63, 3.8) is 0 Å². The molecule has 0 spiro atoms. The van der Waals surface area contributed by atoms with Crippen LogP contribution in [0.25, 0.3) is 0 Å². The van der Waals surface area contributed by atoms with Crippen molar-refractivity contribution in [3.05, 3.63) is 11.9 Å². The maximum Gasteiger partial charge on any atom is 0.411 e. The highest BCUT2D eigenvalue weighted by Gasteiger charge is 2.28. The highest BCUT2D eigenvalue weighted by atomic mass is 19.4. The van der Waals surface area contributed by atoms with Gasteiger partial charge in [0.15, 0.2) is 5.75 Å². The van der Waals surface area contributed by atoms with Crippen molar-refractivity contribution in [2.75, 3.05) is 20.3 Å². The first-order valence-electron chi connectivity index (χ1n) is 5.77. The molecule has 0 bridgehead atoms. The van der Waals surface area contributed by atoms with Gasteiger partial charge in [-0.2, -0.15) is 18.3 Å². The van der Waals surface area contributed by atoms with Crippen molar-refractivity contribution in [1.82, 2.24) is 9.78 Å². The number of halogens is 3. The van der Waals surface area contributed by atoms with Gasteiger partial charge < -0.3 is 15.2 Å². The number of nitrogens with zero attached hydrogens (tertiary/aromatic N) is 2. The molecule has 0 aliphatic carbocycles.